The van der Waals surface area contributed by atoms with Crippen molar-refractivity contribution in [3.63, 3.8) is 0 Å². The number of aryl methyl sites for hydroxylation is 1. The number of carbonyl (C=O) groups excluding carboxylic acids is 1. The highest BCUT2D eigenvalue weighted by Gasteiger charge is 2.43. The van der Waals surface area contributed by atoms with E-state index in [-0.39, 0.29) is 18.8 Å². The van der Waals surface area contributed by atoms with Crippen LogP contribution >= 0.6 is 0 Å². The first kappa shape index (κ1) is 25.4. The van der Waals surface area contributed by atoms with Crippen LogP contribution in [0.1, 0.15) is 21.6 Å². The minimum atomic E-state index is -4.68. The van der Waals surface area contributed by atoms with Crippen LogP contribution in [0, 0.1) is 6.92 Å². The van der Waals surface area contributed by atoms with Crippen LogP contribution in [0.15, 0.2) is 48.8 Å². The number of rotatable bonds is 4. The largest absolute Gasteiger partial charge is 0.418 e. The van der Waals surface area contributed by atoms with Gasteiger partial charge in [0.2, 0.25) is 0 Å². The highest BCUT2D eigenvalue weighted by Crippen LogP contribution is 2.32. The number of amides is 1. The molecule has 0 aliphatic carbocycles. The number of benzene rings is 1. The number of nitrogens with one attached hydrogen (secondary N) is 1. The van der Waals surface area contributed by atoms with Crippen LogP contribution in [0.25, 0.3) is 11.1 Å². The third-order valence-corrected chi connectivity index (χ3v) is 5.52. The summed E-state index contributed by atoms with van der Waals surface area (Å²) >= 11 is 0. The van der Waals surface area contributed by atoms with Crippen molar-refractivity contribution in [2.24, 2.45) is 0 Å². The Balaban J connectivity index is 1.57. The Morgan fingerprint density at radius 2 is 1.89 bits per heavy atom. The van der Waals surface area contributed by atoms with Gasteiger partial charge in [-0.25, -0.2) is 4.98 Å². The average Bonchev–Trinajstić information content (AvgIpc) is 2.84. The number of morpholine rings is 1. The Labute approximate surface area is 201 Å². The lowest BCUT2D eigenvalue weighted by Gasteiger charge is -2.34. The van der Waals surface area contributed by atoms with Gasteiger partial charge in [-0.15, -0.1) is 5.10 Å². The monoisotopic (exact) mass is 511 g/mol. The third-order valence-electron chi connectivity index (χ3n) is 5.52. The second kappa shape index (κ2) is 9.72. The smallest absolute Gasteiger partial charge is 0.365 e. The molecule has 3 aromatic rings. The van der Waals surface area contributed by atoms with Gasteiger partial charge in [0.25, 0.3) is 5.91 Å². The quantitative estimate of drug-likeness (QED) is 0.503. The molecule has 0 spiro atoms. The predicted octanol–water partition coefficient (Wildman–Crippen LogP) is 4.89. The molecule has 36 heavy (non-hydrogen) atoms. The number of hydrogen-bond donors (Lipinski definition) is 1. The van der Waals surface area contributed by atoms with Gasteiger partial charge in [0.15, 0.2) is 11.8 Å². The van der Waals surface area contributed by atoms with Gasteiger partial charge in [0, 0.05) is 18.4 Å². The Hall–Kier alpha value is -3.74. The molecule has 1 fully saturated rings. The van der Waals surface area contributed by atoms with Crippen molar-refractivity contribution in [3.05, 3.63) is 65.6 Å². The van der Waals surface area contributed by atoms with E-state index in [2.05, 4.69) is 20.5 Å². The van der Waals surface area contributed by atoms with Crippen LogP contribution < -0.4 is 10.2 Å². The van der Waals surface area contributed by atoms with Crippen LogP contribution in [0.3, 0.4) is 0 Å². The van der Waals surface area contributed by atoms with Gasteiger partial charge in [-0.3, -0.25) is 4.79 Å². The first-order valence-corrected chi connectivity index (χ1v) is 10.6. The van der Waals surface area contributed by atoms with Crippen LogP contribution in [0.2, 0.25) is 0 Å². The van der Waals surface area contributed by atoms with Crippen LogP contribution in [0.5, 0.6) is 0 Å². The number of pyridine rings is 1. The normalized spacial score (nSPS) is 16.6. The summed E-state index contributed by atoms with van der Waals surface area (Å²) in [5.41, 5.74) is 0.729. The van der Waals surface area contributed by atoms with E-state index in [4.69, 9.17) is 4.74 Å². The maximum atomic E-state index is 13.1. The summed E-state index contributed by atoms with van der Waals surface area (Å²) in [5, 5.41) is 9.21. The molecule has 4 rings (SSSR count). The fraction of sp³-hybridized carbons (Fsp3) is 0.304. The van der Waals surface area contributed by atoms with E-state index in [0.717, 1.165) is 5.56 Å². The third kappa shape index (κ3) is 5.73. The number of carbonyl (C=O) groups is 1. The van der Waals surface area contributed by atoms with Gasteiger partial charge in [0.1, 0.15) is 5.82 Å². The lowest BCUT2D eigenvalue weighted by Crippen LogP contribution is -2.49. The fourth-order valence-electron chi connectivity index (χ4n) is 3.65. The van der Waals surface area contributed by atoms with E-state index in [0.29, 0.717) is 29.2 Å². The van der Waals surface area contributed by atoms with Crippen molar-refractivity contribution >= 4 is 17.4 Å². The molecular formula is C23H19F6N5O2. The summed E-state index contributed by atoms with van der Waals surface area (Å²) in [5.74, 6) is -0.552. The second-order valence-corrected chi connectivity index (χ2v) is 8.06. The zero-order valence-electron chi connectivity index (χ0n) is 18.7. The van der Waals surface area contributed by atoms with Gasteiger partial charge in [-0.1, -0.05) is 6.07 Å². The van der Waals surface area contributed by atoms with E-state index >= 15 is 0 Å². The number of nitrogens with zero attached hydrogens (tertiary/aromatic N) is 4. The Kier molecular flexibility index (Phi) is 6.85. The standard InChI is InChI=1S/C23H19F6N5O2/c1-13-2-3-16(32-21(35)18-9-15(11-31-33-18)22(24,25)26)10-17(13)14-4-5-30-20(8-14)34-6-7-36-19(12-34)23(27,28)29/h2-5,8-11,19H,6-7,12H2,1H3,(H,32,35). The zero-order valence-corrected chi connectivity index (χ0v) is 18.7. The minimum Gasteiger partial charge on any atom is -0.365 e. The Morgan fingerprint density at radius 3 is 2.61 bits per heavy atom. The highest BCUT2D eigenvalue weighted by molar-refractivity contribution is 6.03. The van der Waals surface area contributed by atoms with Crippen molar-refractivity contribution in [1.29, 1.82) is 0 Å². The molecule has 0 bridgehead atoms. The molecule has 3 heterocycles. The molecule has 13 heteroatoms. The molecule has 7 nitrogen and oxygen atoms in total. The minimum absolute atomic E-state index is 0.102. The predicted molar refractivity (Wildman–Crippen MR) is 117 cm³/mol. The molecule has 1 amide bonds. The summed E-state index contributed by atoms with van der Waals surface area (Å²) in [4.78, 5) is 18.2. The van der Waals surface area contributed by atoms with E-state index < -0.39 is 42.2 Å². The van der Waals surface area contributed by atoms with Crippen LogP contribution in [-0.2, 0) is 10.9 Å². The summed E-state index contributed by atoms with van der Waals surface area (Å²) in [6.07, 6.45) is -9.11. The molecule has 1 atom stereocenters. The number of anilines is 2. The molecule has 1 aliphatic rings. The maximum absolute atomic E-state index is 13.1. The van der Waals surface area contributed by atoms with Gasteiger partial charge in [-0.2, -0.15) is 31.4 Å². The van der Waals surface area contributed by atoms with E-state index in [9.17, 15) is 31.1 Å². The van der Waals surface area contributed by atoms with Crippen LogP contribution in [0.4, 0.5) is 37.8 Å². The SMILES string of the molecule is Cc1ccc(NC(=O)c2cc(C(F)(F)F)cnn2)cc1-c1ccnc(N2CCOC(C(F)(F)F)C2)c1. The topological polar surface area (TPSA) is 80.2 Å². The average molecular weight is 511 g/mol. The van der Waals surface area contributed by atoms with Crippen molar-refractivity contribution in [3.8, 4) is 11.1 Å². The van der Waals surface area contributed by atoms with Crippen molar-refractivity contribution in [2.45, 2.75) is 25.4 Å². The highest BCUT2D eigenvalue weighted by atomic mass is 19.4. The lowest BCUT2D eigenvalue weighted by molar-refractivity contribution is -0.221. The number of halogens is 6. The lowest BCUT2D eigenvalue weighted by atomic mass is 10.0. The zero-order chi connectivity index (χ0) is 26.1. The number of alkyl halides is 6. The van der Waals surface area contributed by atoms with Crippen LogP contribution in [-0.4, -0.2) is 53.1 Å². The number of hydrogen-bond acceptors (Lipinski definition) is 6. The van der Waals surface area contributed by atoms with E-state index in [1.54, 1.807) is 37.3 Å². The molecule has 1 saturated heterocycles. The summed E-state index contributed by atoms with van der Waals surface area (Å²) in [7, 11) is 0. The molecular weight excluding hydrogens is 492 g/mol. The molecule has 1 aliphatic heterocycles. The van der Waals surface area contributed by atoms with Gasteiger partial charge in [-0.05, 0) is 53.9 Å². The van der Waals surface area contributed by atoms with Crippen molar-refractivity contribution < 1.29 is 35.9 Å². The van der Waals surface area contributed by atoms with E-state index in [1.807, 2.05) is 0 Å². The van der Waals surface area contributed by atoms with Crippen molar-refractivity contribution in [2.75, 3.05) is 29.9 Å². The molecule has 2 aromatic heterocycles. The fourth-order valence-corrected chi connectivity index (χ4v) is 3.65. The molecule has 1 unspecified atom stereocenters. The van der Waals surface area contributed by atoms with Gasteiger partial charge < -0.3 is 15.0 Å². The molecule has 1 N–H and O–H groups in total. The molecule has 0 saturated carbocycles. The summed E-state index contributed by atoms with van der Waals surface area (Å²) in [6.45, 7) is 1.53. The van der Waals surface area contributed by atoms with E-state index in [1.165, 1.54) is 11.1 Å². The second-order valence-electron chi connectivity index (χ2n) is 8.06. The van der Waals surface area contributed by atoms with Gasteiger partial charge in [0.05, 0.1) is 24.9 Å². The Morgan fingerprint density at radius 1 is 1.11 bits per heavy atom. The van der Waals surface area contributed by atoms with Gasteiger partial charge >= 0.3 is 12.4 Å². The summed E-state index contributed by atoms with van der Waals surface area (Å²) in [6, 6.07) is 8.75. The Bertz CT molecular complexity index is 1260. The number of aromatic nitrogens is 3. The summed E-state index contributed by atoms with van der Waals surface area (Å²) < 4.78 is 82.9. The molecule has 1 aromatic carbocycles. The van der Waals surface area contributed by atoms with Crippen molar-refractivity contribution in [1.82, 2.24) is 15.2 Å². The maximum Gasteiger partial charge on any atom is 0.418 e. The molecule has 190 valence electrons. The number of ether oxygens (including phenoxy) is 1. The first-order chi connectivity index (χ1) is 16.9. The first-order valence-electron chi connectivity index (χ1n) is 10.6. The molecule has 0 radical (unpaired) electrons.